The van der Waals surface area contributed by atoms with Gasteiger partial charge in [0.25, 0.3) is 0 Å². The first-order chi connectivity index (χ1) is 9.08. The molecule has 0 heterocycles. The fourth-order valence-electron chi connectivity index (χ4n) is 2.22. The van der Waals surface area contributed by atoms with Gasteiger partial charge in [-0.3, -0.25) is 0 Å². The van der Waals surface area contributed by atoms with Gasteiger partial charge < -0.3 is 15.3 Å². The summed E-state index contributed by atoms with van der Waals surface area (Å²) in [6.07, 6.45) is -2.30. The van der Waals surface area contributed by atoms with E-state index in [2.05, 4.69) is 5.32 Å². The number of halogens is 3. The summed E-state index contributed by atoms with van der Waals surface area (Å²) in [5, 5.41) is 12.7. The number of aliphatic hydroxyl groups is 1. The molecule has 6 heteroatoms. The minimum absolute atomic E-state index is 0.0466. The molecule has 0 saturated heterocycles. The van der Waals surface area contributed by atoms with Gasteiger partial charge in [0.1, 0.15) is 0 Å². The fourth-order valence-corrected chi connectivity index (χ4v) is 2.22. The van der Waals surface area contributed by atoms with Crippen LogP contribution in [-0.2, 0) is 0 Å². The molecule has 20 heavy (non-hydrogen) atoms. The van der Waals surface area contributed by atoms with Crippen LogP contribution in [0, 0.1) is 0 Å². The van der Waals surface area contributed by atoms with Gasteiger partial charge in [0.15, 0.2) is 0 Å². The second-order valence-electron chi connectivity index (χ2n) is 6.14. The summed E-state index contributed by atoms with van der Waals surface area (Å²) in [5.74, 6) is 0. The minimum atomic E-state index is -4.08. The third kappa shape index (κ3) is 10.5. The quantitative estimate of drug-likeness (QED) is 0.609. The molecule has 122 valence electrons. The number of aliphatic hydroxyl groups excluding tert-OH is 1. The first-order valence-electron chi connectivity index (χ1n) is 7.22. The Labute approximate surface area is 120 Å². The van der Waals surface area contributed by atoms with Crippen molar-refractivity contribution in [3.63, 3.8) is 0 Å². The first kappa shape index (κ1) is 19.7. The molecule has 0 fully saturated rings. The summed E-state index contributed by atoms with van der Waals surface area (Å²) in [6.45, 7) is 6.79. The predicted octanol–water partition coefficient (Wildman–Crippen LogP) is 2.79. The van der Waals surface area contributed by atoms with Crippen LogP contribution in [0.15, 0.2) is 0 Å². The minimum Gasteiger partial charge on any atom is -0.394 e. The lowest BCUT2D eigenvalue weighted by Gasteiger charge is -2.31. The zero-order valence-electron chi connectivity index (χ0n) is 13.1. The third-order valence-corrected chi connectivity index (χ3v) is 3.28. The monoisotopic (exact) mass is 298 g/mol. The maximum Gasteiger partial charge on any atom is 0.390 e. The van der Waals surface area contributed by atoms with Crippen molar-refractivity contribution in [3.8, 4) is 0 Å². The number of nitrogens with one attached hydrogen (secondary N) is 1. The second kappa shape index (κ2) is 8.85. The Bertz CT molecular complexity index is 259. The van der Waals surface area contributed by atoms with Gasteiger partial charge in [-0.1, -0.05) is 20.3 Å². The zero-order chi connectivity index (χ0) is 15.8. The number of unbranched alkanes of at least 4 members (excludes halogenated alkanes) is 1. The van der Waals surface area contributed by atoms with Crippen molar-refractivity contribution < 1.29 is 18.3 Å². The van der Waals surface area contributed by atoms with Crippen LogP contribution in [0.5, 0.6) is 0 Å². The molecule has 0 aliphatic rings. The van der Waals surface area contributed by atoms with E-state index in [4.69, 9.17) is 0 Å². The van der Waals surface area contributed by atoms with Crippen molar-refractivity contribution in [2.24, 2.45) is 0 Å². The molecule has 0 spiro atoms. The van der Waals surface area contributed by atoms with Crippen LogP contribution in [0.1, 0.15) is 46.5 Å². The predicted molar refractivity (Wildman–Crippen MR) is 75.8 cm³/mol. The molecule has 0 amide bonds. The molecule has 0 aliphatic carbocycles. The van der Waals surface area contributed by atoms with Crippen molar-refractivity contribution in [2.75, 3.05) is 26.7 Å². The Morgan fingerprint density at radius 3 is 2.15 bits per heavy atom. The summed E-state index contributed by atoms with van der Waals surface area (Å²) in [4.78, 5) is 1.71. The van der Waals surface area contributed by atoms with Crippen LogP contribution in [0.4, 0.5) is 13.2 Å². The molecule has 0 saturated carbocycles. The van der Waals surface area contributed by atoms with Crippen LogP contribution in [0.25, 0.3) is 0 Å². The average Bonchev–Trinajstić information content (AvgIpc) is 2.30. The molecule has 0 bridgehead atoms. The lowest BCUT2D eigenvalue weighted by Crippen LogP contribution is -2.49. The van der Waals surface area contributed by atoms with Crippen molar-refractivity contribution in [1.82, 2.24) is 10.2 Å². The van der Waals surface area contributed by atoms with E-state index in [-0.39, 0.29) is 18.7 Å². The molecule has 2 N–H and O–H groups in total. The highest BCUT2D eigenvalue weighted by atomic mass is 19.4. The van der Waals surface area contributed by atoms with Crippen molar-refractivity contribution >= 4 is 0 Å². The largest absolute Gasteiger partial charge is 0.394 e. The van der Waals surface area contributed by atoms with Gasteiger partial charge in [-0.2, -0.15) is 13.2 Å². The first-order valence-corrected chi connectivity index (χ1v) is 7.22. The van der Waals surface area contributed by atoms with E-state index < -0.39 is 12.6 Å². The molecule has 0 radical (unpaired) electrons. The highest BCUT2D eigenvalue weighted by Gasteiger charge is 2.27. The standard InChI is InChI=1S/C14H29F3N2O/c1-12(2)18-13(3,11-20)7-5-6-9-19(4)10-8-14(15,16)17/h12,18,20H,5-11H2,1-4H3. The Kier molecular flexibility index (Phi) is 8.70. The second-order valence-corrected chi connectivity index (χ2v) is 6.14. The van der Waals surface area contributed by atoms with E-state index in [0.29, 0.717) is 12.6 Å². The fraction of sp³-hybridized carbons (Fsp3) is 1.00. The third-order valence-electron chi connectivity index (χ3n) is 3.28. The molecule has 0 rings (SSSR count). The van der Waals surface area contributed by atoms with Gasteiger partial charge in [0.05, 0.1) is 13.0 Å². The van der Waals surface area contributed by atoms with E-state index in [1.54, 1.807) is 11.9 Å². The van der Waals surface area contributed by atoms with Crippen molar-refractivity contribution in [1.29, 1.82) is 0 Å². The molecule has 3 nitrogen and oxygen atoms in total. The maximum atomic E-state index is 12.1. The summed E-state index contributed by atoms with van der Waals surface area (Å²) >= 11 is 0. The van der Waals surface area contributed by atoms with Gasteiger partial charge in [0, 0.05) is 18.1 Å². The number of alkyl halides is 3. The summed E-state index contributed by atoms with van der Waals surface area (Å²) in [7, 11) is 1.71. The number of nitrogens with zero attached hydrogens (tertiary/aromatic N) is 1. The van der Waals surface area contributed by atoms with Gasteiger partial charge in [0.2, 0.25) is 0 Å². The van der Waals surface area contributed by atoms with E-state index in [1.807, 2.05) is 20.8 Å². The number of hydrogen-bond donors (Lipinski definition) is 2. The molecule has 1 atom stereocenters. The molecular formula is C14H29F3N2O. The van der Waals surface area contributed by atoms with E-state index >= 15 is 0 Å². The lowest BCUT2D eigenvalue weighted by atomic mass is 9.94. The average molecular weight is 298 g/mol. The smallest absolute Gasteiger partial charge is 0.390 e. The van der Waals surface area contributed by atoms with Crippen molar-refractivity contribution in [2.45, 2.75) is 64.2 Å². The Morgan fingerprint density at radius 2 is 1.70 bits per heavy atom. The van der Waals surface area contributed by atoms with Crippen LogP contribution in [0.2, 0.25) is 0 Å². The Morgan fingerprint density at radius 1 is 1.10 bits per heavy atom. The van der Waals surface area contributed by atoms with Crippen LogP contribution in [0.3, 0.4) is 0 Å². The van der Waals surface area contributed by atoms with Crippen LogP contribution >= 0.6 is 0 Å². The SMILES string of the molecule is CC(C)NC(C)(CO)CCCCN(C)CCC(F)(F)F. The highest BCUT2D eigenvalue weighted by molar-refractivity contribution is 4.83. The topological polar surface area (TPSA) is 35.5 Å². The number of rotatable bonds is 10. The Hall–Kier alpha value is -0.330. The summed E-state index contributed by atoms with van der Waals surface area (Å²) in [5.41, 5.74) is -0.307. The highest BCUT2D eigenvalue weighted by Crippen LogP contribution is 2.19. The normalized spacial score (nSPS) is 15.9. The Balaban J connectivity index is 3.83. The van der Waals surface area contributed by atoms with Crippen LogP contribution < -0.4 is 5.32 Å². The lowest BCUT2D eigenvalue weighted by molar-refractivity contribution is -0.137. The molecule has 0 aliphatic heterocycles. The van der Waals surface area contributed by atoms with E-state index in [9.17, 15) is 18.3 Å². The summed E-state index contributed by atoms with van der Waals surface area (Å²) in [6, 6.07) is 0.293. The maximum absolute atomic E-state index is 12.1. The van der Waals surface area contributed by atoms with Gasteiger partial charge in [-0.15, -0.1) is 0 Å². The van der Waals surface area contributed by atoms with E-state index in [0.717, 1.165) is 19.3 Å². The number of hydrogen-bond acceptors (Lipinski definition) is 3. The van der Waals surface area contributed by atoms with Gasteiger partial charge >= 0.3 is 6.18 Å². The molecule has 1 unspecified atom stereocenters. The van der Waals surface area contributed by atoms with E-state index in [1.165, 1.54) is 0 Å². The molecular weight excluding hydrogens is 269 g/mol. The van der Waals surface area contributed by atoms with Gasteiger partial charge in [-0.25, -0.2) is 0 Å². The van der Waals surface area contributed by atoms with Crippen LogP contribution in [-0.4, -0.2) is 54.5 Å². The molecule has 0 aromatic rings. The van der Waals surface area contributed by atoms with Gasteiger partial charge in [-0.05, 0) is 33.4 Å². The van der Waals surface area contributed by atoms with Crippen molar-refractivity contribution in [3.05, 3.63) is 0 Å². The summed E-state index contributed by atoms with van der Waals surface area (Å²) < 4.78 is 36.2. The zero-order valence-corrected chi connectivity index (χ0v) is 13.1. The molecule has 0 aromatic carbocycles. The molecule has 0 aromatic heterocycles.